The normalized spacial score (nSPS) is 14.0. The molecule has 0 aliphatic heterocycles. The largest absolute Gasteiger partial charge is 0.311 e. The molecule has 0 heterocycles. The van der Waals surface area contributed by atoms with Crippen LogP contribution < -0.4 is 4.90 Å². The van der Waals surface area contributed by atoms with Gasteiger partial charge in [0.2, 0.25) is 0 Å². The van der Waals surface area contributed by atoms with Gasteiger partial charge in [0.25, 0.3) is 0 Å². The molecular formula is C26H20F5NS. The molecule has 0 saturated carbocycles. The van der Waals surface area contributed by atoms with Crippen molar-refractivity contribution in [1.82, 2.24) is 0 Å². The predicted octanol–water partition coefficient (Wildman–Crippen LogP) is 9.98. The Morgan fingerprint density at radius 1 is 0.455 bits per heavy atom. The maximum absolute atomic E-state index is 12.9. The lowest BCUT2D eigenvalue weighted by Crippen LogP contribution is -2.09. The summed E-state index contributed by atoms with van der Waals surface area (Å²) in [4.78, 5) is 0.213. The van der Waals surface area contributed by atoms with Crippen molar-refractivity contribution >= 4 is 39.4 Å². The lowest BCUT2D eigenvalue weighted by Gasteiger charge is -2.40. The van der Waals surface area contributed by atoms with Gasteiger partial charge in [0, 0.05) is 17.1 Å². The summed E-state index contributed by atoms with van der Waals surface area (Å²) in [6, 6.07) is 30.3. The topological polar surface area (TPSA) is 3.24 Å². The van der Waals surface area contributed by atoms with Crippen molar-refractivity contribution in [2.24, 2.45) is 0 Å². The minimum atomic E-state index is -9.65. The minimum absolute atomic E-state index is 0.389. The number of para-hydroxylation sites is 2. The van der Waals surface area contributed by atoms with Gasteiger partial charge in [-0.2, -0.15) is 0 Å². The first-order valence-electron chi connectivity index (χ1n) is 10.0. The van der Waals surface area contributed by atoms with E-state index in [0.717, 1.165) is 34.8 Å². The van der Waals surface area contributed by atoms with Crippen LogP contribution in [0.15, 0.2) is 114 Å². The fraction of sp³-hybridized carbons (Fsp3) is 0. The van der Waals surface area contributed by atoms with Crippen LogP contribution in [0.5, 0.6) is 0 Å². The third-order valence-corrected chi connectivity index (χ3v) is 6.14. The average Bonchev–Trinajstić information content (AvgIpc) is 2.79. The summed E-state index contributed by atoms with van der Waals surface area (Å²) in [6.45, 7) is 0. The van der Waals surface area contributed by atoms with E-state index in [0.29, 0.717) is 17.7 Å². The second-order valence-electron chi connectivity index (χ2n) is 7.47. The molecule has 7 heteroatoms. The fourth-order valence-corrected chi connectivity index (χ4v) is 4.01. The van der Waals surface area contributed by atoms with Crippen LogP contribution in [0.4, 0.5) is 36.5 Å². The Balaban J connectivity index is 1.57. The zero-order chi connectivity index (χ0) is 23.6. The highest BCUT2D eigenvalue weighted by Crippen LogP contribution is 3.02. The molecule has 0 N–H and O–H groups in total. The molecule has 4 rings (SSSR count). The quantitative estimate of drug-likeness (QED) is 0.199. The van der Waals surface area contributed by atoms with E-state index < -0.39 is 15.1 Å². The Bertz CT molecular complexity index is 1210. The van der Waals surface area contributed by atoms with E-state index in [2.05, 4.69) is 4.90 Å². The standard InChI is InChI=1S/C26H20F5NS/c27-33(28,29,30,31)26-19-15-22(16-20-26)12-11-21-13-17-25(18-14-21)32(23-7-3-1-4-8-23)24-9-5-2-6-10-24/h1-20H/b12-11+. The van der Waals surface area contributed by atoms with Crippen LogP contribution in [0.2, 0.25) is 0 Å². The first-order chi connectivity index (χ1) is 15.5. The van der Waals surface area contributed by atoms with Gasteiger partial charge < -0.3 is 4.90 Å². The molecule has 0 aliphatic rings. The molecule has 0 unspecified atom stereocenters. The summed E-state index contributed by atoms with van der Waals surface area (Å²) in [5.41, 5.74) is 4.13. The van der Waals surface area contributed by atoms with Gasteiger partial charge in [-0.25, -0.2) is 0 Å². The summed E-state index contributed by atoms with van der Waals surface area (Å²) in [5, 5.41) is 0. The van der Waals surface area contributed by atoms with Crippen LogP contribution in [0.25, 0.3) is 12.2 Å². The van der Waals surface area contributed by atoms with E-state index in [1.165, 1.54) is 0 Å². The van der Waals surface area contributed by atoms with Crippen molar-refractivity contribution in [3.8, 4) is 0 Å². The van der Waals surface area contributed by atoms with Crippen molar-refractivity contribution in [2.75, 3.05) is 4.90 Å². The van der Waals surface area contributed by atoms with Crippen LogP contribution in [-0.4, -0.2) is 0 Å². The zero-order valence-electron chi connectivity index (χ0n) is 17.3. The summed E-state index contributed by atoms with van der Waals surface area (Å²) >= 11 is 0. The van der Waals surface area contributed by atoms with Crippen LogP contribution in [0.1, 0.15) is 11.1 Å². The Morgan fingerprint density at radius 3 is 1.21 bits per heavy atom. The van der Waals surface area contributed by atoms with E-state index in [1.807, 2.05) is 84.9 Å². The molecule has 0 atom stereocenters. The summed E-state index contributed by atoms with van der Waals surface area (Å²) < 4.78 is 64.3. The van der Waals surface area contributed by atoms with Gasteiger partial charge in [0.05, 0.1) is 0 Å². The Labute approximate surface area is 189 Å². The number of anilines is 3. The third-order valence-electron chi connectivity index (χ3n) is 4.97. The summed E-state index contributed by atoms with van der Waals surface area (Å²) in [7, 11) is -9.65. The van der Waals surface area contributed by atoms with E-state index >= 15 is 0 Å². The molecule has 0 saturated heterocycles. The molecule has 0 bridgehead atoms. The lowest BCUT2D eigenvalue weighted by atomic mass is 10.1. The second kappa shape index (κ2) is 7.78. The molecule has 0 amide bonds. The zero-order valence-corrected chi connectivity index (χ0v) is 18.1. The number of nitrogens with zero attached hydrogens (tertiary/aromatic N) is 1. The number of hydrogen-bond donors (Lipinski definition) is 0. The van der Waals surface area contributed by atoms with Gasteiger partial charge in [-0.05, 0) is 59.7 Å². The van der Waals surface area contributed by atoms with Crippen molar-refractivity contribution < 1.29 is 19.4 Å². The van der Waals surface area contributed by atoms with E-state index in [9.17, 15) is 19.4 Å². The van der Waals surface area contributed by atoms with Crippen LogP contribution in [0, 0.1) is 0 Å². The SMILES string of the molecule is FS(F)(F)(F)(F)c1ccc(/C=C/c2ccc(N(c3ccccc3)c3ccccc3)cc2)cc1. The molecule has 33 heavy (non-hydrogen) atoms. The van der Waals surface area contributed by atoms with Gasteiger partial charge in [-0.1, -0.05) is 92.2 Å². The third kappa shape index (κ3) is 5.62. The first-order valence-corrected chi connectivity index (χ1v) is 12.0. The van der Waals surface area contributed by atoms with Crippen LogP contribution in [-0.2, 0) is 0 Å². The van der Waals surface area contributed by atoms with E-state index in [1.54, 1.807) is 12.2 Å². The highest BCUT2D eigenvalue weighted by atomic mass is 32.5. The van der Waals surface area contributed by atoms with Crippen molar-refractivity contribution in [3.05, 3.63) is 120 Å². The van der Waals surface area contributed by atoms with Gasteiger partial charge in [0.1, 0.15) is 4.90 Å². The van der Waals surface area contributed by atoms with Crippen molar-refractivity contribution in [1.29, 1.82) is 0 Å². The van der Waals surface area contributed by atoms with Crippen molar-refractivity contribution in [2.45, 2.75) is 4.90 Å². The number of hydrogen-bond acceptors (Lipinski definition) is 1. The molecule has 0 radical (unpaired) electrons. The molecule has 1 nitrogen and oxygen atoms in total. The maximum atomic E-state index is 12.9. The molecular weight excluding hydrogens is 453 g/mol. The highest BCUT2D eigenvalue weighted by Gasteiger charge is 2.65. The van der Waals surface area contributed by atoms with Crippen LogP contribution in [0.3, 0.4) is 0 Å². The predicted molar refractivity (Wildman–Crippen MR) is 128 cm³/mol. The Kier molecular flexibility index (Phi) is 5.33. The summed E-state index contributed by atoms with van der Waals surface area (Å²) in [5.74, 6) is 0. The molecule has 0 spiro atoms. The fourth-order valence-electron chi connectivity index (χ4n) is 3.36. The molecule has 0 aromatic heterocycles. The number of halogens is 5. The molecule has 0 aliphatic carbocycles. The minimum Gasteiger partial charge on any atom is -0.311 e. The van der Waals surface area contributed by atoms with Gasteiger partial charge in [-0.3, -0.25) is 0 Å². The second-order valence-corrected chi connectivity index (χ2v) is 9.88. The van der Waals surface area contributed by atoms with Gasteiger partial charge in [0.15, 0.2) is 0 Å². The van der Waals surface area contributed by atoms with E-state index in [-0.39, 0.29) is 0 Å². The van der Waals surface area contributed by atoms with Crippen molar-refractivity contribution in [3.63, 3.8) is 0 Å². The molecule has 4 aromatic rings. The monoisotopic (exact) mass is 473 g/mol. The summed E-state index contributed by atoms with van der Waals surface area (Å²) in [6.07, 6.45) is 3.30. The Hall–Kier alpha value is -3.58. The highest BCUT2D eigenvalue weighted by molar-refractivity contribution is 8.45. The Morgan fingerprint density at radius 2 is 0.818 bits per heavy atom. The molecule has 170 valence electrons. The lowest BCUT2D eigenvalue weighted by molar-refractivity contribution is 0.364. The number of benzene rings is 4. The average molecular weight is 474 g/mol. The van der Waals surface area contributed by atoms with Gasteiger partial charge >= 0.3 is 10.2 Å². The number of rotatable bonds is 6. The smallest absolute Gasteiger partial charge is 0.310 e. The first kappa shape index (κ1) is 22.6. The van der Waals surface area contributed by atoms with Gasteiger partial charge in [-0.15, -0.1) is 0 Å². The maximum Gasteiger partial charge on any atom is 0.310 e. The van der Waals surface area contributed by atoms with E-state index in [4.69, 9.17) is 0 Å². The van der Waals surface area contributed by atoms with Crippen LogP contribution >= 0.6 is 10.2 Å². The molecule has 4 aromatic carbocycles. The molecule has 0 fully saturated rings.